The molecule has 23 aromatic rings. The van der Waals surface area contributed by atoms with E-state index in [1.807, 2.05) is 212 Å². The molecule has 0 aliphatic carbocycles. The quantitative estimate of drug-likeness (QED) is 0.0512. The molecule has 0 bridgehead atoms. The Hall–Kier alpha value is -18.6. The third-order valence-electron chi connectivity index (χ3n) is 22.7. The molecule has 22 nitrogen and oxygen atoms in total. The number of aromatic nitrogens is 11. The first-order valence-electron chi connectivity index (χ1n) is 44.7. The van der Waals surface area contributed by atoms with E-state index in [2.05, 4.69) is 24.9 Å². The molecule has 0 saturated carbocycles. The van der Waals surface area contributed by atoms with E-state index in [-0.39, 0.29) is 62.8 Å². The highest BCUT2D eigenvalue weighted by Crippen LogP contribution is 2.43. The molecule has 0 spiro atoms. The van der Waals surface area contributed by atoms with Crippen LogP contribution in [0.1, 0.15) is 10.4 Å². The normalized spacial score (nSPS) is 10.8. The first kappa shape index (κ1) is 95.7. The standard InChI is InChI=1S/C21H14N2O4.C20H12Cl2N2O.C20H13ClN2O2.C20H13ClN2O.C20H14N2O2.C17H13NO/c24-14-8-4-12(5-9-14)18-19(13-6-10-15(25)11-7-13)23-20-16(21(26)27)2-1-3-17(20)22-18;21-14-4-1-3-13(11-14)19-18(12-7-9-15(25)10-8-12)23-17-6-2-5-16(22)20(17)24-19;21-14-4-1-3-13(11-14)19-18(12-7-9-15(24)10-8-12)22-16-5-2-6-17(25)20(16)23-19;21-16-7-4-8-17-20(16)23-19(13-5-2-1-3-6-13)18(22-17)14-9-11-15(24)12-10-14;23-15-11-9-14(10-12-15)18-19(13-5-2-1-3-6-13)22-20-16(21-18)7-4-8-17(20)24;19-15-10-8-13(9-11-15)16-7-4-12-18-17(16)14-5-2-1-3-6-14/h1-11,24-25H,(H,26,27);1-11,25H;1-11,24-25H;1-12,24H;1-12,23-24H;1-12,19H. The van der Waals surface area contributed by atoms with Crippen molar-refractivity contribution in [1.82, 2.24) is 54.8 Å². The van der Waals surface area contributed by atoms with Crippen molar-refractivity contribution in [2.24, 2.45) is 0 Å². The fourth-order valence-electron chi connectivity index (χ4n) is 15.8. The zero-order chi connectivity index (χ0) is 99.9. The largest absolute Gasteiger partial charge is 0.508 e. The van der Waals surface area contributed by atoms with E-state index in [1.54, 1.807) is 188 Å². The molecule has 10 N–H and O–H groups in total. The number of phenolic OH excluding ortho intramolecular Hbond substituents is 9. The minimum atomic E-state index is -1.08. The molecule has 144 heavy (non-hydrogen) atoms. The first-order valence-corrected chi connectivity index (χ1v) is 46.2. The Morgan fingerprint density at radius 1 is 0.194 bits per heavy atom. The average molecular weight is 1970 g/mol. The van der Waals surface area contributed by atoms with Gasteiger partial charge in [-0.05, 0) is 254 Å². The molecule has 6 heterocycles. The van der Waals surface area contributed by atoms with Gasteiger partial charge < -0.3 is 51.1 Å². The van der Waals surface area contributed by atoms with Gasteiger partial charge in [-0.1, -0.05) is 210 Å². The molecule has 0 fully saturated rings. The molecule has 0 radical (unpaired) electrons. The average Bonchev–Trinajstić information content (AvgIpc) is 0.873. The molecule has 0 saturated heterocycles. The number of carboxylic acids is 1. The summed E-state index contributed by atoms with van der Waals surface area (Å²) < 4.78 is 0. The van der Waals surface area contributed by atoms with Gasteiger partial charge in [0.2, 0.25) is 0 Å². The molecular formula is C118H79Cl4N11O11. The second-order valence-corrected chi connectivity index (χ2v) is 34.1. The van der Waals surface area contributed by atoms with Crippen LogP contribution in [0.5, 0.6) is 51.7 Å². The Kier molecular flexibility index (Phi) is 29.0. The van der Waals surface area contributed by atoms with Crippen molar-refractivity contribution in [3.63, 3.8) is 0 Å². The van der Waals surface area contributed by atoms with Crippen LogP contribution in [-0.2, 0) is 0 Å². The Morgan fingerprint density at radius 3 is 0.743 bits per heavy atom. The van der Waals surface area contributed by atoms with Gasteiger partial charge in [0.15, 0.2) is 0 Å². The van der Waals surface area contributed by atoms with Crippen LogP contribution in [0.2, 0.25) is 20.1 Å². The first-order chi connectivity index (χ1) is 70.0. The van der Waals surface area contributed by atoms with Crippen molar-refractivity contribution in [3.8, 4) is 187 Å². The molecule has 0 aliphatic heterocycles. The number of hydrogen-bond donors (Lipinski definition) is 10. The van der Waals surface area contributed by atoms with E-state index < -0.39 is 5.97 Å². The Balaban J connectivity index is 0.000000114. The fourth-order valence-corrected chi connectivity index (χ4v) is 16.6. The lowest BCUT2D eigenvalue weighted by atomic mass is 9.99. The highest BCUT2D eigenvalue weighted by molar-refractivity contribution is 6.35. The fraction of sp³-hybridized carbons (Fsp3) is 0. The van der Waals surface area contributed by atoms with Crippen LogP contribution in [0.3, 0.4) is 0 Å². The lowest BCUT2D eigenvalue weighted by Gasteiger charge is -2.12. The van der Waals surface area contributed by atoms with E-state index >= 15 is 0 Å². The summed E-state index contributed by atoms with van der Waals surface area (Å²) in [5.41, 5.74) is 24.8. The molecule has 0 unspecified atom stereocenters. The van der Waals surface area contributed by atoms with Crippen LogP contribution in [0.15, 0.2) is 419 Å². The van der Waals surface area contributed by atoms with Gasteiger partial charge in [-0.3, -0.25) is 4.98 Å². The van der Waals surface area contributed by atoms with Gasteiger partial charge in [0.25, 0.3) is 0 Å². The van der Waals surface area contributed by atoms with Gasteiger partial charge in [-0.15, -0.1) is 0 Å². The maximum absolute atomic E-state index is 11.6. The molecule has 700 valence electrons. The lowest BCUT2D eigenvalue weighted by molar-refractivity contribution is 0.0698. The monoisotopic (exact) mass is 1970 g/mol. The van der Waals surface area contributed by atoms with Crippen molar-refractivity contribution in [3.05, 3.63) is 444 Å². The third-order valence-corrected chi connectivity index (χ3v) is 23.8. The van der Waals surface area contributed by atoms with E-state index in [9.17, 15) is 55.9 Å². The van der Waals surface area contributed by atoms with Crippen LogP contribution in [0, 0.1) is 0 Å². The number of nitrogens with zero attached hydrogens (tertiary/aromatic N) is 11. The van der Waals surface area contributed by atoms with Crippen molar-refractivity contribution in [2.75, 3.05) is 0 Å². The molecule has 6 aromatic heterocycles. The molecule has 0 atom stereocenters. The summed E-state index contributed by atoms with van der Waals surface area (Å²) in [6, 6.07) is 122. The van der Waals surface area contributed by atoms with Crippen molar-refractivity contribution in [2.45, 2.75) is 0 Å². The summed E-state index contributed by atoms with van der Waals surface area (Å²) in [5.74, 6) is 0.419. The number of aromatic carboxylic acids is 1. The summed E-state index contributed by atoms with van der Waals surface area (Å²) in [6.07, 6.45) is 1.80. The predicted molar refractivity (Wildman–Crippen MR) is 569 cm³/mol. The summed E-state index contributed by atoms with van der Waals surface area (Å²) in [7, 11) is 0. The minimum absolute atomic E-state index is 0.0669. The van der Waals surface area contributed by atoms with E-state index in [1.165, 1.54) is 18.2 Å². The number of fused-ring (bicyclic) bond motifs is 5. The summed E-state index contributed by atoms with van der Waals surface area (Å²) >= 11 is 24.9. The number of benzene rings is 17. The van der Waals surface area contributed by atoms with Gasteiger partial charge >= 0.3 is 5.97 Å². The van der Waals surface area contributed by atoms with E-state index in [0.717, 1.165) is 89.4 Å². The maximum Gasteiger partial charge on any atom is 0.337 e. The Labute approximate surface area is 843 Å². The minimum Gasteiger partial charge on any atom is -0.508 e. The number of para-hydroxylation sites is 5. The highest BCUT2D eigenvalue weighted by atomic mass is 35.5. The summed E-state index contributed by atoms with van der Waals surface area (Å²) in [4.78, 5) is 63.1. The number of pyridine rings is 1. The SMILES string of the molecule is O=C(O)c1cccc2nc(-c3ccc(O)cc3)c(-c3ccc(O)cc3)nc12.Oc1ccc(-c2cccnc2-c2ccccc2)cc1.Oc1ccc(-c2nc3cccc(Cl)c3nc2-c2cccc(Cl)c2)cc1.Oc1ccc(-c2nc3cccc(Cl)c3nc2-c2ccccc2)cc1.Oc1ccc(-c2nc3cccc(O)c3nc2-c2cccc(Cl)c2)cc1.Oc1ccc(-c2nc3cccc(O)c3nc2-c2ccccc2)cc1. The van der Waals surface area contributed by atoms with Crippen LogP contribution in [-0.4, -0.2) is 112 Å². The molecule has 17 aromatic carbocycles. The van der Waals surface area contributed by atoms with Crippen LogP contribution in [0.4, 0.5) is 0 Å². The number of halogens is 4. The summed E-state index contributed by atoms with van der Waals surface area (Å²) in [5, 5.41) is 98.7. The predicted octanol–water partition coefficient (Wildman–Crippen LogP) is 28.9. The van der Waals surface area contributed by atoms with Crippen molar-refractivity contribution < 1.29 is 55.9 Å². The molecule has 0 aliphatic rings. The topological polar surface area (TPSA) is 361 Å². The second kappa shape index (κ2) is 43.6. The van der Waals surface area contributed by atoms with Crippen LogP contribution < -0.4 is 0 Å². The van der Waals surface area contributed by atoms with Gasteiger partial charge in [0.1, 0.15) is 79.3 Å². The molecular weight excluding hydrogens is 1890 g/mol. The lowest BCUT2D eigenvalue weighted by Crippen LogP contribution is -2.02. The number of carbonyl (C=O) groups is 1. The Morgan fingerprint density at radius 2 is 0.431 bits per heavy atom. The number of hydrogen-bond acceptors (Lipinski definition) is 21. The Bertz CT molecular complexity index is 8260. The highest BCUT2D eigenvalue weighted by Gasteiger charge is 2.24. The number of phenols is 9. The van der Waals surface area contributed by atoms with Crippen molar-refractivity contribution in [1.29, 1.82) is 0 Å². The van der Waals surface area contributed by atoms with Crippen LogP contribution in [0.25, 0.3) is 190 Å². The van der Waals surface area contributed by atoms with Crippen LogP contribution >= 0.6 is 46.4 Å². The van der Waals surface area contributed by atoms with Gasteiger partial charge in [0.05, 0.1) is 106 Å². The third kappa shape index (κ3) is 22.2. The zero-order valence-electron chi connectivity index (χ0n) is 75.6. The molecule has 26 heteroatoms. The van der Waals surface area contributed by atoms with Gasteiger partial charge in [0, 0.05) is 83.0 Å². The molecule has 23 rings (SSSR count). The van der Waals surface area contributed by atoms with Crippen molar-refractivity contribution >= 4 is 108 Å². The number of carboxylic acid groups (broad SMARTS) is 1. The van der Waals surface area contributed by atoms with E-state index in [0.29, 0.717) is 115 Å². The molecule has 0 amide bonds. The van der Waals surface area contributed by atoms with Gasteiger partial charge in [-0.2, -0.15) is 0 Å². The van der Waals surface area contributed by atoms with Gasteiger partial charge in [-0.25, -0.2) is 54.6 Å². The zero-order valence-corrected chi connectivity index (χ0v) is 78.7. The maximum atomic E-state index is 11.6. The van der Waals surface area contributed by atoms with E-state index in [4.69, 9.17) is 76.3 Å². The number of aromatic hydroxyl groups is 9. The second-order valence-electron chi connectivity index (χ2n) is 32.4. The summed E-state index contributed by atoms with van der Waals surface area (Å²) in [6.45, 7) is 0. The smallest absolute Gasteiger partial charge is 0.337 e. The number of rotatable bonds is 13.